The molecule has 2 N–H and O–H groups in total. The summed E-state index contributed by atoms with van der Waals surface area (Å²) in [7, 11) is 0. The molecule has 0 aromatic rings. The van der Waals surface area contributed by atoms with Gasteiger partial charge < -0.3 is 5.73 Å². The molecule has 3 rings (SSSR count). The molecular weight excluding hydrogens is 260 g/mol. The summed E-state index contributed by atoms with van der Waals surface area (Å²) in [6.45, 7) is 2.12. The Labute approximate surface area is 118 Å². The monoisotopic (exact) mass is 280 g/mol. The Balaban J connectivity index is 1.85. The first-order valence-electron chi connectivity index (χ1n) is 7.17. The minimum absolute atomic E-state index is 0.0270. The first kappa shape index (κ1) is 13.0. The van der Waals surface area contributed by atoms with Crippen LogP contribution in [0, 0.1) is 23.7 Å². The molecule has 19 heavy (non-hydrogen) atoms. The lowest BCUT2D eigenvalue weighted by Gasteiger charge is -2.28. The smallest absolute Gasteiger partial charge is 0.233 e. The van der Waals surface area contributed by atoms with E-state index in [0.717, 1.165) is 32.1 Å². The molecule has 2 aliphatic carbocycles. The molecule has 0 radical (unpaired) electrons. The molecule has 3 fully saturated rings. The van der Waals surface area contributed by atoms with E-state index in [1.807, 2.05) is 0 Å². The van der Waals surface area contributed by atoms with E-state index < -0.39 is 0 Å². The van der Waals surface area contributed by atoms with Crippen molar-refractivity contribution in [2.24, 2.45) is 29.4 Å². The van der Waals surface area contributed by atoms with Crippen molar-refractivity contribution in [3.63, 3.8) is 0 Å². The minimum atomic E-state index is -0.0740. The lowest BCUT2D eigenvalue weighted by molar-refractivity contribution is -0.143. The maximum absolute atomic E-state index is 12.5. The molecule has 0 aromatic carbocycles. The van der Waals surface area contributed by atoms with Gasteiger partial charge in [0.25, 0.3) is 0 Å². The predicted octanol–water partition coefficient (Wildman–Crippen LogP) is 1.47. The van der Waals surface area contributed by atoms with Gasteiger partial charge in [-0.3, -0.25) is 14.5 Å². The van der Waals surface area contributed by atoms with Gasteiger partial charge in [0.2, 0.25) is 11.8 Å². The molecule has 0 bridgehead atoms. The number of likely N-dealkylation sites (tertiary alicyclic amines) is 1. The lowest BCUT2D eigenvalue weighted by Crippen LogP contribution is -2.46. The van der Waals surface area contributed by atoms with E-state index in [2.05, 4.69) is 6.92 Å². The van der Waals surface area contributed by atoms with Crippen LogP contribution in [0.2, 0.25) is 0 Å². The lowest BCUT2D eigenvalue weighted by atomic mass is 10.00. The summed E-state index contributed by atoms with van der Waals surface area (Å²) in [6, 6.07) is -0.0709. The van der Waals surface area contributed by atoms with Crippen molar-refractivity contribution in [1.82, 2.24) is 4.90 Å². The Hall–Kier alpha value is -0.970. The number of thiocarbonyl (C=S) groups is 1. The Morgan fingerprint density at radius 2 is 1.79 bits per heavy atom. The fraction of sp³-hybridized carbons (Fsp3) is 0.786. The molecule has 2 saturated carbocycles. The number of imide groups is 1. The molecule has 0 spiro atoms. The van der Waals surface area contributed by atoms with Crippen LogP contribution in [0.3, 0.4) is 0 Å². The maximum atomic E-state index is 12.5. The van der Waals surface area contributed by atoms with Crippen molar-refractivity contribution in [3.8, 4) is 0 Å². The molecule has 1 saturated heterocycles. The van der Waals surface area contributed by atoms with Crippen molar-refractivity contribution in [1.29, 1.82) is 0 Å². The Morgan fingerprint density at radius 1 is 1.21 bits per heavy atom. The number of carbonyl (C=O) groups is 2. The van der Waals surface area contributed by atoms with E-state index in [4.69, 9.17) is 18.0 Å². The van der Waals surface area contributed by atoms with E-state index in [1.165, 1.54) is 4.90 Å². The van der Waals surface area contributed by atoms with Crippen LogP contribution in [0.4, 0.5) is 0 Å². The largest absolute Gasteiger partial charge is 0.393 e. The average molecular weight is 280 g/mol. The standard InChI is InChI=1S/C14H20N2O2S/c1-7-5-9-10(6-7)14(18)16(13(9)17)11-4-2-3-8(11)12(15)19/h7-11H,2-6H2,1H3,(H2,15,19). The zero-order valence-corrected chi connectivity index (χ0v) is 12.0. The number of rotatable bonds is 2. The molecule has 104 valence electrons. The SMILES string of the molecule is CC1CC2C(=O)N(C3CCCC3C(N)=S)C(=O)C2C1. The Morgan fingerprint density at radius 3 is 2.32 bits per heavy atom. The summed E-state index contributed by atoms with van der Waals surface area (Å²) >= 11 is 5.09. The van der Waals surface area contributed by atoms with Crippen LogP contribution in [0.1, 0.15) is 39.0 Å². The third-order valence-corrected chi connectivity index (χ3v) is 5.39. The molecule has 3 aliphatic rings. The second-order valence-electron chi connectivity index (χ2n) is 6.34. The maximum Gasteiger partial charge on any atom is 0.233 e. The minimum Gasteiger partial charge on any atom is -0.393 e. The summed E-state index contributed by atoms with van der Waals surface area (Å²) in [5, 5.41) is 0. The number of hydrogen-bond acceptors (Lipinski definition) is 3. The van der Waals surface area contributed by atoms with Crippen LogP contribution in [0.5, 0.6) is 0 Å². The zero-order chi connectivity index (χ0) is 13.7. The molecule has 1 heterocycles. The van der Waals surface area contributed by atoms with Gasteiger partial charge in [0.15, 0.2) is 0 Å². The van der Waals surface area contributed by atoms with Crippen molar-refractivity contribution in [3.05, 3.63) is 0 Å². The summed E-state index contributed by atoms with van der Waals surface area (Å²) in [6.07, 6.45) is 4.47. The van der Waals surface area contributed by atoms with Gasteiger partial charge in [-0.2, -0.15) is 0 Å². The summed E-state index contributed by atoms with van der Waals surface area (Å²) in [5.41, 5.74) is 5.77. The van der Waals surface area contributed by atoms with Crippen molar-refractivity contribution in [2.45, 2.75) is 45.1 Å². The van der Waals surface area contributed by atoms with E-state index in [9.17, 15) is 9.59 Å². The van der Waals surface area contributed by atoms with Gasteiger partial charge >= 0.3 is 0 Å². The predicted molar refractivity (Wildman–Crippen MR) is 75.1 cm³/mol. The molecule has 4 unspecified atom stereocenters. The number of hydrogen-bond donors (Lipinski definition) is 1. The van der Waals surface area contributed by atoms with Crippen LogP contribution in [-0.4, -0.2) is 27.7 Å². The Kier molecular flexibility index (Phi) is 3.12. The van der Waals surface area contributed by atoms with Crippen LogP contribution in [0.15, 0.2) is 0 Å². The molecule has 5 heteroatoms. The van der Waals surface area contributed by atoms with Gasteiger partial charge in [-0.15, -0.1) is 0 Å². The van der Waals surface area contributed by atoms with Crippen molar-refractivity contribution >= 4 is 29.0 Å². The van der Waals surface area contributed by atoms with Crippen molar-refractivity contribution < 1.29 is 9.59 Å². The molecular formula is C14H20N2O2S. The quantitative estimate of drug-likeness (QED) is 0.614. The van der Waals surface area contributed by atoms with Crippen LogP contribution < -0.4 is 5.73 Å². The van der Waals surface area contributed by atoms with E-state index >= 15 is 0 Å². The normalized spacial score (nSPS) is 41.9. The van der Waals surface area contributed by atoms with Gasteiger partial charge in [-0.05, 0) is 31.6 Å². The fourth-order valence-electron chi connectivity index (χ4n) is 4.21. The number of nitrogens with two attached hydrogens (primary N) is 1. The highest BCUT2D eigenvalue weighted by Crippen LogP contribution is 2.45. The average Bonchev–Trinajstić information content (AvgIpc) is 2.99. The first-order chi connectivity index (χ1) is 9.00. The van der Waals surface area contributed by atoms with E-state index in [-0.39, 0.29) is 35.6 Å². The number of fused-ring (bicyclic) bond motifs is 1. The summed E-state index contributed by atoms with van der Waals surface area (Å²) < 4.78 is 0. The van der Waals surface area contributed by atoms with E-state index in [1.54, 1.807) is 0 Å². The number of amides is 2. The molecule has 1 aliphatic heterocycles. The fourth-order valence-corrected chi connectivity index (χ4v) is 4.49. The van der Waals surface area contributed by atoms with Gasteiger partial charge in [-0.1, -0.05) is 25.6 Å². The molecule has 2 amide bonds. The first-order valence-corrected chi connectivity index (χ1v) is 7.57. The highest BCUT2D eigenvalue weighted by atomic mass is 32.1. The molecule has 0 aromatic heterocycles. The number of nitrogens with zero attached hydrogens (tertiary/aromatic N) is 1. The summed E-state index contributed by atoms with van der Waals surface area (Å²) in [5.74, 6) is 0.435. The zero-order valence-electron chi connectivity index (χ0n) is 11.2. The summed E-state index contributed by atoms with van der Waals surface area (Å²) in [4.78, 5) is 27.0. The van der Waals surface area contributed by atoms with Gasteiger partial charge in [0.1, 0.15) is 0 Å². The second kappa shape index (κ2) is 4.54. The van der Waals surface area contributed by atoms with Gasteiger partial charge in [0.05, 0.1) is 16.8 Å². The number of carbonyl (C=O) groups excluding carboxylic acids is 2. The molecule has 4 atom stereocenters. The topological polar surface area (TPSA) is 63.4 Å². The highest BCUT2D eigenvalue weighted by Gasteiger charge is 2.55. The van der Waals surface area contributed by atoms with Crippen molar-refractivity contribution in [2.75, 3.05) is 0 Å². The van der Waals surface area contributed by atoms with Gasteiger partial charge in [-0.25, -0.2) is 0 Å². The van der Waals surface area contributed by atoms with Crippen LogP contribution in [-0.2, 0) is 9.59 Å². The highest BCUT2D eigenvalue weighted by molar-refractivity contribution is 7.80. The van der Waals surface area contributed by atoms with Crippen LogP contribution in [0.25, 0.3) is 0 Å². The van der Waals surface area contributed by atoms with E-state index in [0.29, 0.717) is 10.9 Å². The third-order valence-electron chi connectivity index (χ3n) is 5.08. The Bertz CT molecular complexity index is 427. The van der Waals surface area contributed by atoms with Gasteiger partial charge in [0, 0.05) is 12.0 Å². The molecule has 4 nitrogen and oxygen atoms in total. The second-order valence-corrected chi connectivity index (χ2v) is 6.81. The van der Waals surface area contributed by atoms with Crippen LogP contribution >= 0.6 is 12.2 Å². The third kappa shape index (κ3) is 1.90.